The van der Waals surface area contributed by atoms with Gasteiger partial charge in [0.15, 0.2) is 0 Å². The van der Waals surface area contributed by atoms with Gasteiger partial charge in [0.1, 0.15) is 5.82 Å². The summed E-state index contributed by atoms with van der Waals surface area (Å²) in [4.78, 5) is 0. The number of nitriles is 1. The third kappa shape index (κ3) is 1.78. The lowest BCUT2D eigenvalue weighted by Gasteiger charge is -1.96. The number of alkyl halides is 1. The lowest BCUT2D eigenvalue weighted by Crippen LogP contribution is -1.86. The van der Waals surface area contributed by atoms with Gasteiger partial charge in [-0.05, 0) is 23.8 Å². The summed E-state index contributed by atoms with van der Waals surface area (Å²) >= 11 is 3.12. The molecule has 0 aliphatic rings. The number of nitrogens with zero attached hydrogens (tertiary/aromatic N) is 1. The second-order valence-electron chi connectivity index (χ2n) is 2.05. The van der Waals surface area contributed by atoms with Crippen molar-refractivity contribution in [1.82, 2.24) is 0 Å². The SMILES string of the molecule is N#Cc1ccc(F)c(CBr)c1. The first-order valence-corrected chi connectivity index (χ1v) is 4.14. The summed E-state index contributed by atoms with van der Waals surface area (Å²) in [6.45, 7) is 0. The molecular weight excluding hydrogens is 209 g/mol. The van der Waals surface area contributed by atoms with Gasteiger partial charge in [0.2, 0.25) is 0 Å². The van der Waals surface area contributed by atoms with Gasteiger partial charge in [-0.3, -0.25) is 0 Å². The predicted octanol–water partition coefficient (Wildman–Crippen LogP) is 2.59. The Balaban J connectivity index is 3.15. The molecule has 0 aliphatic carbocycles. The van der Waals surface area contributed by atoms with Crippen molar-refractivity contribution in [3.63, 3.8) is 0 Å². The normalized spacial score (nSPS) is 9.18. The Kier molecular flexibility index (Phi) is 2.61. The second kappa shape index (κ2) is 3.49. The van der Waals surface area contributed by atoms with Crippen LogP contribution in [0.4, 0.5) is 4.39 Å². The molecule has 0 unspecified atom stereocenters. The lowest BCUT2D eigenvalue weighted by molar-refractivity contribution is 0.617. The third-order valence-electron chi connectivity index (χ3n) is 1.32. The molecule has 0 atom stereocenters. The molecule has 1 aromatic carbocycles. The van der Waals surface area contributed by atoms with Crippen molar-refractivity contribution < 1.29 is 4.39 Å². The first kappa shape index (κ1) is 8.22. The molecule has 0 heterocycles. The van der Waals surface area contributed by atoms with Crippen LogP contribution < -0.4 is 0 Å². The van der Waals surface area contributed by atoms with Crippen molar-refractivity contribution in [2.75, 3.05) is 0 Å². The standard InChI is InChI=1S/C8H5BrFN/c9-4-7-3-6(5-11)1-2-8(7)10/h1-3H,4H2. The predicted molar refractivity (Wildman–Crippen MR) is 43.7 cm³/mol. The maximum Gasteiger partial charge on any atom is 0.127 e. The molecule has 0 saturated heterocycles. The Labute approximate surface area is 72.6 Å². The van der Waals surface area contributed by atoms with E-state index in [-0.39, 0.29) is 5.82 Å². The van der Waals surface area contributed by atoms with Gasteiger partial charge < -0.3 is 0 Å². The zero-order valence-electron chi connectivity index (χ0n) is 5.64. The fourth-order valence-corrected chi connectivity index (χ4v) is 1.18. The number of hydrogen-bond donors (Lipinski definition) is 0. The van der Waals surface area contributed by atoms with E-state index in [2.05, 4.69) is 15.9 Å². The highest BCUT2D eigenvalue weighted by Crippen LogP contribution is 2.12. The van der Waals surface area contributed by atoms with Crippen LogP contribution in [-0.4, -0.2) is 0 Å². The molecule has 0 fully saturated rings. The molecule has 0 aliphatic heterocycles. The summed E-state index contributed by atoms with van der Waals surface area (Å²) in [5.74, 6) is -0.277. The van der Waals surface area contributed by atoms with Crippen molar-refractivity contribution in [3.05, 3.63) is 35.1 Å². The van der Waals surface area contributed by atoms with Crippen LogP contribution in [0.1, 0.15) is 11.1 Å². The number of rotatable bonds is 1. The van der Waals surface area contributed by atoms with Gasteiger partial charge in [-0.15, -0.1) is 0 Å². The first-order chi connectivity index (χ1) is 5.27. The molecule has 0 spiro atoms. The molecule has 0 amide bonds. The summed E-state index contributed by atoms with van der Waals surface area (Å²) in [5, 5.41) is 8.90. The van der Waals surface area contributed by atoms with Crippen molar-refractivity contribution in [3.8, 4) is 6.07 Å². The molecule has 3 heteroatoms. The summed E-state index contributed by atoms with van der Waals surface area (Å²) in [5.41, 5.74) is 1.00. The first-order valence-electron chi connectivity index (χ1n) is 3.02. The lowest BCUT2D eigenvalue weighted by atomic mass is 10.1. The summed E-state index contributed by atoms with van der Waals surface area (Å²) in [7, 11) is 0. The summed E-state index contributed by atoms with van der Waals surface area (Å²) in [6.07, 6.45) is 0. The molecule has 11 heavy (non-hydrogen) atoms. The van der Waals surface area contributed by atoms with Gasteiger partial charge in [-0.1, -0.05) is 15.9 Å². The monoisotopic (exact) mass is 213 g/mol. The van der Waals surface area contributed by atoms with E-state index >= 15 is 0 Å². The highest BCUT2D eigenvalue weighted by atomic mass is 79.9. The maximum atomic E-state index is 12.8. The molecule has 56 valence electrons. The molecule has 0 N–H and O–H groups in total. The van der Waals surface area contributed by atoms with Crippen LogP contribution in [-0.2, 0) is 5.33 Å². The zero-order chi connectivity index (χ0) is 8.27. The van der Waals surface area contributed by atoms with E-state index in [0.717, 1.165) is 0 Å². The molecule has 1 aromatic rings. The number of halogens is 2. The second-order valence-corrected chi connectivity index (χ2v) is 2.61. The van der Waals surface area contributed by atoms with Gasteiger partial charge in [0.25, 0.3) is 0 Å². The molecule has 0 bridgehead atoms. The number of benzene rings is 1. The molecule has 0 saturated carbocycles. The Hall–Kier alpha value is -0.880. The largest absolute Gasteiger partial charge is 0.207 e. The van der Waals surface area contributed by atoms with Crippen LogP contribution in [0, 0.1) is 17.1 Å². The molecule has 1 rings (SSSR count). The van der Waals surface area contributed by atoms with Crippen molar-refractivity contribution >= 4 is 15.9 Å². The van der Waals surface area contributed by atoms with Gasteiger partial charge in [-0.2, -0.15) is 5.26 Å². The highest BCUT2D eigenvalue weighted by molar-refractivity contribution is 9.08. The fraction of sp³-hybridized carbons (Fsp3) is 0.125. The van der Waals surface area contributed by atoms with Gasteiger partial charge >= 0.3 is 0 Å². The van der Waals surface area contributed by atoms with E-state index in [1.165, 1.54) is 18.2 Å². The van der Waals surface area contributed by atoms with Gasteiger partial charge in [0, 0.05) is 5.33 Å². The minimum Gasteiger partial charge on any atom is -0.207 e. The van der Waals surface area contributed by atoms with E-state index in [1.54, 1.807) is 0 Å². The van der Waals surface area contributed by atoms with Crippen LogP contribution in [0.2, 0.25) is 0 Å². The van der Waals surface area contributed by atoms with Crippen molar-refractivity contribution in [2.24, 2.45) is 0 Å². The average Bonchev–Trinajstić information content (AvgIpc) is 2.05. The minimum absolute atomic E-state index is 0.277. The third-order valence-corrected chi connectivity index (χ3v) is 1.92. The molecule has 0 aromatic heterocycles. The quantitative estimate of drug-likeness (QED) is 0.659. The number of hydrogen-bond acceptors (Lipinski definition) is 1. The Morgan fingerprint density at radius 3 is 2.82 bits per heavy atom. The van der Waals surface area contributed by atoms with E-state index < -0.39 is 0 Å². The highest BCUT2D eigenvalue weighted by Gasteiger charge is 2.00. The molecule has 1 nitrogen and oxygen atoms in total. The average molecular weight is 214 g/mol. The van der Waals surface area contributed by atoms with E-state index in [4.69, 9.17) is 5.26 Å². The zero-order valence-corrected chi connectivity index (χ0v) is 7.23. The van der Waals surface area contributed by atoms with Crippen LogP contribution in [0.25, 0.3) is 0 Å². The van der Waals surface area contributed by atoms with E-state index in [9.17, 15) is 4.39 Å². The Bertz CT molecular complexity index is 303. The topological polar surface area (TPSA) is 23.8 Å². The summed E-state index contributed by atoms with van der Waals surface area (Å²) in [6, 6.07) is 6.23. The van der Waals surface area contributed by atoms with E-state index in [1.807, 2.05) is 6.07 Å². The smallest absolute Gasteiger partial charge is 0.127 e. The Morgan fingerprint density at radius 2 is 2.27 bits per heavy atom. The van der Waals surface area contributed by atoms with Crippen molar-refractivity contribution in [1.29, 1.82) is 5.26 Å². The van der Waals surface area contributed by atoms with Gasteiger partial charge in [0.05, 0.1) is 11.6 Å². The van der Waals surface area contributed by atoms with Crippen LogP contribution in [0.5, 0.6) is 0 Å². The minimum atomic E-state index is -0.277. The molecular formula is C8H5BrFN. The van der Waals surface area contributed by atoms with Crippen LogP contribution >= 0.6 is 15.9 Å². The molecule has 0 radical (unpaired) electrons. The summed E-state index contributed by atoms with van der Waals surface area (Å²) < 4.78 is 12.8. The Morgan fingerprint density at radius 1 is 1.55 bits per heavy atom. The maximum absolute atomic E-state index is 12.8. The van der Waals surface area contributed by atoms with Crippen LogP contribution in [0.3, 0.4) is 0 Å². The fourth-order valence-electron chi connectivity index (χ4n) is 0.747. The van der Waals surface area contributed by atoms with Crippen LogP contribution in [0.15, 0.2) is 18.2 Å². The van der Waals surface area contributed by atoms with Crippen molar-refractivity contribution in [2.45, 2.75) is 5.33 Å². The van der Waals surface area contributed by atoms with E-state index in [0.29, 0.717) is 16.5 Å². The van der Waals surface area contributed by atoms with Gasteiger partial charge in [-0.25, -0.2) is 4.39 Å².